The van der Waals surface area contributed by atoms with E-state index in [1.54, 1.807) is 0 Å². The highest BCUT2D eigenvalue weighted by Gasteiger charge is 2.29. The molecule has 0 bridgehead atoms. The largest absolute Gasteiger partial charge is 0.374 e. The van der Waals surface area contributed by atoms with Crippen molar-refractivity contribution in [3.8, 4) is 0 Å². The molecule has 0 aliphatic carbocycles. The van der Waals surface area contributed by atoms with Gasteiger partial charge in [-0.3, -0.25) is 0 Å². The van der Waals surface area contributed by atoms with Crippen molar-refractivity contribution in [2.45, 2.75) is 31.9 Å². The fraction of sp³-hybridized carbons (Fsp3) is 0.429. The quantitative estimate of drug-likeness (QED) is 0.659. The smallest absolute Gasteiger partial charge is 0.0884 e. The Kier molecular flexibility index (Phi) is 5.50. The zero-order valence-corrected chi connectivity index (χ0v) is 11.8. The Bertz CT molecular complexity index is 310. The zero-order valence-electron chi connectivity index (χ0n) is 10.4. The summed E-state index contributed by atoms with van der Waals surface area (Å²) in [4.78, 5) is 0. The molecule has 1 unspecified atom stereocenters. The van der Waals surface area contributed by atoms with Crippen LogP contribution in [0, 0.1) is 0 Å². The molecule has 0 aromatic heterocycles. The first-order chi connectivity index (χ1) is 7.79. The van der Waals surface area contributed by atoms with Crippen LogP contribution >= 0.6 is 0 Å². The number of hydrogen-bond donors (Lipinski definition) is 0. The molecule has 88 valence electrons. The molecule has 16 heavy (non-hydrogen) atoms. The van der Waals surface area contributed by atoms with Gasteiger partial charge in [-0.1, -0.05) is 44.2 Å². The maximum absolute atomic E-state index is 6.15. The van der Waals surface area contributed by atoms with Crippen LogP contribution in [-0.4, -0.2) is 16.1 Å². The van der Waals surface area contributed by atoms with Crippen LogP contribution in [0.5, 0.6) is 0 Å². The van der Waals surface area contributed by atoms with Crippen molar-refractivity contribution >= 4 is 9.52 Å². The van der Waals surface area contributed by atoms with Crippen molar-refractivity contribution in [2.75, 3.05) is 6.61 Å². The number of hydrogen-bond acceptors (Lipinski definition) is 1. The molecule has 0 aliphatic heterocycles. The van der Waals surface area contributed by atoms with E-state index in [9.17, 15) is 0 Å². The van der Waals surface area contributed by atoms with E-state index in [0.29, 0.717) is 0 Å². The second kappa shape index (κ2) is 6.66. The van der Waals surface area contributed by atoms with Crippen molar-refractivity contribution in [2.24, 2.45) is 0 Å². The van der Waals surface area contributed by atoms with E-state index in [0.717, 1.165) is 19.4 Å². The normalized spacial score (nSPS) is 15.1. The van der Waals surface area contributed by atoms with E-state index in [1.807, 2.05) is 0 Å². The fourth-order valence-corrected chi connectivity index (χ4v) is 3.47. The van der Waals surface area contributed by atoms with Crippen molar-refractivity contribution in [3.63, 3.8) is 0 Å². The maximum atomic E-state index is 6.15. The second-order valence-corrected chi connectivity index (χ2v) is 6.18. The topological polar surface area (TPSA) is 9.23 Å². The van der Waals surface area contributed by atoms with Crippen LogP contribution in [0.4, 0.5) is 0 Å². The Morgan fingerprint density at radius 2 is 2.00 bits per heavy atom. The summed E-state index contributed by atoms with van der Waals surface area (Å²) in [5.74, 6) is 0. The van der Waals surface area contributed by atoms with E-state index in [4.69, 9.17) is 4.74 Å². The molecule has 0 saturated carbocycles. The molecule has 0 spiro atoms. The van der Waals surface area contributed by atoms with Gasteiger partial charge in [-0.25, -0.2) is 0 Å². The number of ether oxygens (including phenoxy) is 1. The van der Waals surface area contributed by atoms with Crippen molar-refractivity contribution in [1.29, 1.82) is 0 Å². The molecule has 0 N–H and O–H groups in total. The average Bonchev–Trinajstić information content (AvgIpc) is 2.36. The fourth-order valence-electron chi connectivity index (χ4n) is 1.98. The number of benzene rings is 1. The first-order valence-corrected chi connectivity index (χ1v) is 7.61. The predicted octanol–water partition coefficient (Wildman–Crippen LogP) is 2.99. The van der Waals surface area contributed by atoms with E-state index in [1.165, 1.54) is 5.56 Å². The molecule has 1 aromatic carbocycles. The standard InChI is InChI=1S/C14H22OSi/c1-4-12-15-14(5-2,16-6-3)13-10-8-7-9-11-13/h6-11H,3-5,12,16H2,1-2H3. The van der Waals surface area contributed by atoms with Crippen LogP contribution in [0.1, 0.15) is 32.3 Å². The van der Waals surface area contributed by atoms with Crippen molar-refractivity contribution in [1.82, 2.24) is 0 Å². The van der Waals surface area contributed by atoms with Crippen LogP contribution in [0.2, 0.25) is 0 Å². The zero-order chi connectivity index (χ0) is 11.9. The van der Waals surface area contributed by atoms with Gasteiger partial charge in [0.15, 0.2) is 0 Å². The molecule has 1 nitrogen and oxygen atoms in total. The lowest BCUT2D eigenvalue weighted by Gasteiger charge is -2.32. The lowest BCUT2D eigenvalue weighted by atomic mass is 10.1. The summed E-state index contributed by atoms with van der Waals surface area (Å²) in [6.45, 7) is 9.11. The Balaban J connectivity index is 2.96. The second-order valence-electron chi connectivity index (χ2n) is 4.06. The summed E-state index contributed by atoms with van der Waals surface area (Å²) in [7, 11) is -0.448. The van der Waals surface area contributed by atoms with Crippen LogP contribution < -0.4 is 0 Å². The monoisotopic (exact) mass is 234 g/mol. The van der Waals surface area contributed by atoms with Crippen molar-refractivity contribution in [3.05, 3.63) is 48.2 Å². The third-order valence-corrected chi connectivity index (χ3v) is 4.99. The summed E-state index contributed by atoms with van der Waals surface area (Å²) in [6.07, 6.45) is 2.11. The highest BCUT2D eigenvalue weighted by Crippen LogP contribution is 2.28. The summed E-state index contributed by atoms with van der Waals surface area (Å²) in [6, 6.07) is 10.6. The van der Waals surface area contributed by atoms with Gasteiger partial charge in [0.25, 0.3) is 0 Å². The SMILES string of the molecule is C=C[SiH2]C(CC)(OCCC)c1ccccc1. The lowest BCUT2D eigenvalue weighted by molar-refractivity contribution is 0.0110. The van der Waals surface area contributed by atoms with Gasteiger partial charge in [0.1, 0.15) is 0 Å². The number of rotatable bonds is 7. The van der Waals surface area contributed by atoms with Gasteiger partial charge in [-0.15, -0.1) is 12.3 Å². The Morgan fingerprint density at radius 1 is 1.31 bits per heavy atom. The summed E-state index contributed by atoms with van der Waals surface area (Å²) in [5, 5.41) is -0.0426. The Morgan fingerprint density at radius 3 is 2.50 bits per heavy atom. The van der Waals surface area contributed by atoms with Crippen LogP contribution in [0.25, 0.3) is 0 Å². The summed E-state index contributed by atoms with van der Waals surface area (Å²) >= 11 is 0. The molecule has 0 fully saturated rings. The van der Waals surface area contributed by atoms with Crippen LogP contribution in [0.3, 0.4) is 0 Å². The van der Waals surface area contributed by atoms with Gasteiger partial charge in [0, 0.05) is 6.61 Å². The van der Waals surface area contributed by atoms with Gasteiger partial charge in [0.2, 0.25) is 0 Å². The molecule has 0 radical (unpaired) electrons. The van der Waals surface area contributed by atoms with E-state index >= 15 is 0 Å². The molecule has 0 aliphatic rings. The first-order valence-electron chi connectivity index (χ1n) is 6.09. The third kappa shape index (κ3) is 3.06. The molecular formula is C14H22OSi. The first kappa shape index (κ1) is 13.2. The highest BCUT2D eigenvalue weighted by molar-refractivity contribution is 6.45. The van der Waals surface area contributed by atoms with Gasteiger partial charge in [-0.05, 0) is 18.4 Å². The Hall–Kier alpha value is -0.863. The van der Waals surface area contributed by atoms with Crippen LogP contribution in [-0.2, 0) is 9.96 Å². The predicted molar refractivity (Wildman–Crippen MR) is 73.4 cm³/mol. The van der Waals surface area contributed by atoms with E-state index < -0.39 is 9.52 Å². The molecule has 1 atom stereocenters. The molecular weight excluding hydrogens is 212 g/mol. The average molecular weight is 234 g/mol. The minimum absolute atomic E-state index is 0.0426. The van der Waals surface area contributed by atoms with Gasteiger partial charge in [0.05, 0.1) is 14.7 Å². The molecule has 1 aromatic rings. The molecule has 1 rings (SSSR count). The van der Waals surface area contributed by atoms with E-state index in [-0.39, 0.29) is 5.22 Å². The third-order valence-electron chi connectivity index (χ3n) is 2.93. The molecule has 0 amide bonds. The minimum Gasteiger partial charge on any atom is -0.374 e. The summed E-state index contributed by atoms with van der Waals surface area (Å²) < 4.78 is 6.15. The van der Waals surface area contributed by atoms with Crippen molar-refractivity contribution < 1.29 is 4.74 Å². The summed E-state index contributed by atoms with van der Waals surface area (Å²) in [5.41, 5.74) is 3.41. The van der Waals surface area contributed by atoms with Gasteiger partial charge in [-0.2, -0.15) is 0 Å². The molecule has 0 saturated heterocycles. The minimum atomic E-state index is -0.448. The lowest BCUT2D eigenvalue weighted by Crippen LogP contribution is -2.35. The van der Waals surface area contributed by atoms with Crippen LogP contribution in [0.15, 0.2) is 42.6 Å². The van der Waals surface area contributed by atoms with Gasteiger partial charge >= 0.3 is 0 Å². The van der Waals surface area contributed by atoms with Gasteiger partial charge < -0.3 is 4.74 Å². The maximum Gasteiger partial charge on any atom is 0.0884 e. The Labute approximate surface area is 101 Å². The molecule has 2 heteroatoms. The molecule has 0 heterocycles. The van der Waals surface area contributed by atoms with E-state index in [2.05, 4.69) is 56.5 Å². The highest BCUT2D eigenvalue weighted by atomic mass is 28.2.